The van der Waals surface area contributed by atoms with E-state index in [2.05, 4.69) is 17.4 Å². The zero-order valence-corrected chi connectivity index (χ0v) is 11.8. The number of nitrogens with one attached hydrogen (secondary N) is 1. The van der Waals surface area contributed by atoms with Crippen molar-refractivity contribution in [2.45, 2.75) is 37.6 Å². The lowest BCUT2D eigenvalue weighted by Gasteiger charge is -2.28. The van der Waals surface area contributed by atoms with Crippen molar-refractivity contribution in [2.75, 3.05) is 19.5 Å². The van der Waals surface area contributed by atoms with Crippen LogP contribution in [0, 0.1) is 0 Å². The zero-order chi connectivity index (χ0) is 12.8. The van der Waals surface area contributed by atoms with Crippen LogP contribution >= 0.6 is 11.6 Å². The van der Waals surface area contributed by atoms with E-state index in [-0.39, 0.29) is 5.54 Å². The van der Waals surface area contributed by atoms with Gasteiger partial charge < -0.3 is 10.1 Å². The van der Waals surface area contributed by atoms with Crippen molar-refractivity contribution in [3.8, 4) is 5.75 Å². The van der Waals surface area contributed by atoms with Gasteiger partial charge >= 0.3 is 0 Å². The number of halogens is 1. The van der Waals surface area contributed by atoms with Crippen molar-refractivity contribution in [2.24, 2.45) is 0 Å². The molecule has 18 heavy (non-hydrogen) atoms. The number of ether oxygens (including phenoxy) is 1. The second-order valence-electron chi connectivity index (χ2n) is 5.15. The third-order valence-electron chi connectivity index (χ3n) is 3.89. The number of hydrogen-bond acceptors (Lipinski definition) is 2. The minimum Gasteiger partial charge on any atom is -0.497 e. The molecular formula is C15H22ClNO. The fraction of sp³-hybridized carbons (Fsp3) is 0.600. The molecule has 1 fully saturated rings. The largest absolute Gasteiger partial charge is 0.497 e. The summed E-state index contributed by atoms with van der Waals surface area (Å²) in [5.41, 5.74) is 1.54. The van der Waals surface area contributed by atoms with Gasteiger partial charge in [0.1, 0.15) is 5.75 Å². The van der Waals surface area contributed by atoms with Crippen molar-refractivity contribution in [1.29, 1.82) is 0 Å². The summed E-state index contributed by atoms with van der Waals surface area (Å²) in [6.07, 6.45) is 6.10. The first kappa shape index (κ1) is 13.7. The highest BCUT2D eigenvalue weighted by atomic mass is 35.5. The Balaban J connectivity index is 1.80. The van der Waals surface area contributed by atoms with Crippen molar-refractivity contribution >= 4 is 11.6 Å². The van der Waals surface area contributed by atoms with Crippen LogP contribution in [0.15, 0.2) is 24.3 Å². The summed E-state index contributed by atoms with van der Waals surface area (Å²) >= 11 is 6.11. The van der Waals surface area contributed by atoms with Gasteiger partial charge in [-0.3, -0.25) is 0 Å². The lowest BCUT2D eigenvalue weighted by atomic mass is 10.00. The number of hydrogen-bond donors (Lipinski definition) is 1. The molecule has 0 aromatic heterocycles. The lowest BCUT2D eigenvalue weighted by molar-refractivity contribution is 0.373. The van der Waals surface area contributed by atoms with Crippen LogP contribution in [0.1, 0.15) is 31.2 Å². The molecule has 100 valence electrons. The molecule has 1 aliphatic rings. The van der Waals surface area contributed by atoms with E-state index in [4.69, 9.17) is 16.3 Å². The maximum atomic E-state index is 6.11. The van der Waals surface area contributed by atoms with Gasteiger partial charge in [0, 0.05) is 11.4 Å². The van der Waals surface area contributed by atoms with E-state index in [0.717, 1.165) is 24.6 Å². The number of alkyl halides is 1. The van der Waals surface area contributed by atoms with Crippen LogP contribution in [-0.4, -0.2) is 25.1 Å². The van der Waals surface area contributed by atoms with E-state index in [1.807, 2.05) is 12.1 Å². The first-order valence-electron chi connectivity index (χ1n) is 6.72. The molecule has 0 amide bonds. The first-order valence-corrected chi connectivity index (χ1v) is 7.25. The van der Waals surface area contributed by atoms with Crippen molar-refractivity contribution in [3.63, 3.8) is 0 Å². The van der Waals surface area contributed by atoms with Gasteiger partial charge in [-0.1, -0.05) is 25.0 Å². The molecule has 0 spiro atoms. The van der Waals surface area contributed by atoms with Crippen molar-refractivity contribution in [3.05, 3.63) is 29.8 Å². The Hall–Kier alpha value is -0.730. The highest BCUT2D eigenvalue weighted by Gasteiger charge is 2.31. The maximum Gasteiger partial charge on any atom is 0.118 e. The van der Waals surface area contributed by atoms with E-state index in [1.165, 1.54) is 31.2 Å². The Morgan fingerprint density at radius 1 is 1.22 bits per heavy atom. The van der Waals surface area contributed by atoms with E-state index in [1.54, 1.807) is 7.11 Å². The number of rotatable bonds is 6. The predicted molar refractivity (Wildman–Crippen MR) is 76.6 cm³/mol. The first-order chi connectivity index (χ1) is 8.78. The Labute approximate surface area is 115 Å². The molecule has 3 heteroatoms. The molecule has 0 unspecified atom stereocenters. The standard InChI is InChI=1S/C15H22ClNO/c1-18-14-6-4-13(5-7-14)8-11-17-15(12-16)9-2-3-10-15/h4-7,17H,2-3,8-12H2,1H3. The smallest absolute Gasteiger partial charge is 0.118 e. The predicted octanol–water partition coefficient (Wildman–Crippen LogP) is 3.38. The highest BCUT2D eigenvalue weighted by molar-refractivity contribution is 6.18. The van der Waals surface area contributed by atoms with E-state index >= 15 is 0 Å². The maximum absolute atomic E-state index is 6.11. The van der Waals surface area contributed by atoms with Crippen molar-refractivity contribution in [1.82, 2.24) is 5.32 Å². The molecule has 0 atom stereocenters. The third-order valence-corrected chi connectivity index (χ3v) is 4.40. The molecular weight excluding hydrogens is 246 g/mol. The Morgan fingerprint density at radius 3 is 2.44 bits per heavy atom. The van der Waals surface area contributed by atoms with E-state index in [0.29, 0.717) is 0 Å². The average molecular weight is 268 g/mol. The summed E-state index contributed by atoms with van der Waals surface area (Å²) in [7, 11) is 1.70. The molecule has 0 aliphatic heterocycles. The lowest BCUT2D eigenvalue weighted by Crippen LogP contribution is -2.45. The molecule has 1 aliphatic carbocycles. The van der Waals surface area contributed by atoms with Crippen LogP contribution in [0.2, 0.25) is 0 Å². The van der Waals surface area contributed by atoms with Gasteiger partial charge in [0.25, 0.3) is 0 Å². The molecule has 2 nitrogen and oxygen atoms in total. The molecule has 0 saturated heterocycles. The van der Waals surface area contributed by atoms with E-state index < -0.39 is 0 Å². The topological polar surface area (TPSA) is 21.3 Å². The SMILES string of the molecule is COc1ccc(CCNC2(CCl)CCCC2)cc1. The molecule has 0 heterocycles. The number of benzene rings is 1. The van der Waals surface area contributed by atoms with Gasteiger partial charge in [0.05, 0.1) is 7.11 Å². The minimum absolute atomic E-state index is 0.202. The van der Waals surface area contributed by atoms with Gasteiger partial charge in [-0.2, -0.15) is 0 Å². The Kier molecular flexibility index (Phi) is 4.90. The second kappa shape index (κ2) is 6.44. The third kappa shape index (κ3) is 3.39. The minimum atomic E-state index is 0.202. The molecule has 0 radical (unpaired) electrons. The highest BCUT2D eigenvalue weighted by Crippen LogP contribution is 2.30. The van der Waals surface area contributed by atoms with Crippen LogP contribution < -0.4 is 10.1 Å². The van der Waals surface area contributed by atoms with Gasteiger partial charge in [0.15, 0.2) is 0 Å². The summed E-state index contributed by atoms with van der Waals surface area (Å²) in [5, 5.41) is 3.66. The van der Waals surface area contributed by atoms with Crippen LogP contribution in [0.4, 0.5) is 0 Å². The van der Waals surface area contributed by atoms with E-state index in [9.17, 15) is 0 Å². The Bertz CT molecular complexity index is 357. The molecule has 1 aromatic carbocycles. The molecule has 1 N–H and O–H groups in total. The summed E-state index contributed by atoms with van der Waals surface area (Å²) in [6.45, 7) is 0.999. The summed E-state index contributed by atoms with van der Waals surface area (Å²) < 4.78 is 5.16. The van der Waals surface area contributed by atoms with Gasteiger partial charge in [-0.05, 0) is 43.5 Å². The van der Waals surface area contributed by atoms with Crippen LogP contribution in [0.5, 0.6) is 5.75 Å². The second-order valence-corrected chi connectivity index (χ2v) is 5.41. The summed E-state index contributed by atoms with van der Waals surface area (Å²) in [6, 6.07) is 8.29. The van der Waals surface area contributed by atoms with Gasteiger partial charge in [-0.25, -0.2) is 0 Å². The quantitative estimate of drug-likeness (QED) is 0.798. The zero-order valence-electron chi connectivity index (χ0n) is 11.0. The summed E-state index contributed by atoms with van der Waals surface area (Å²) in [4.78, 5) is 0. The average Bonchev–Trinajstić information content (AvgIpc) is 2.89. The van der Waals surface area contributed by atoms with Gasteiger partial charge in [-0.15, -0.1) is 11.6 Å². The Morgan fingerprint density at radius 2 is 1.89 bits per heavy atom. The summed E-state index contributed by atoms with van der Waals surface area (Å²) in [5.74, 6) is 1.65. The van der Waals surface area contributed by atoms with Crippen LogP contribution in [0.25, 0.3) is 0 Å². The molecule has 0 bridgehead atoms. The van der Waals surface area contributed by atoms with Crippen LogP contribution in [0.3, 0.4) is 0 Å². The fourth-order valence-corrected chi connectivity index (χ4v) is 3.04. The number of methoxy groups -OCH3 is 1. The van der Waals surface area contributed by atoms with Crippen LogP contribution in [-0.2, 0) is 6.42 Å². The molecule has 1 aromatic rings. The molecule has 2 rings (SSSR count). The fourth-order valence-electron chi connectivity index (χ4n) is 2.67. The monoisotopic (exact) mass is 267 g/mol. The van der Waals surface area contributed by atoms with Gasteiger partial charge in [0.2, 0.25) is 0 Å². The molecule has 1 saturated carbocycles. The normalized spacial score (nSPS) is 17.9. The van der Waals surface area contributed by atoms with Crippen molar-refractivity contribution < 1.29 is 4.74 Å².